The summed E-state index contributed by atoms with van der Waals surface area (Å²) < 4.78 is 2.02. The second-order valence-corrected chi connectivity index (χ2v) is 5.43. The van der Waals surface area contributed by atoms with E-state index in [1.54, 1.807) is 0 Å². The smallest absolute Gasteiger partial charge is 0.0596 e. The molecule has 0 aliphatic rings. The average Bonchev–Trinajstić information content (AvgIpc) is 2.79. The van der Waals surface area contributed by atoms with Crippen molar-refractivity contribution in [2.45, 2.75) is 39.8 Å². The van der Waals surface area contributed by atoms with E-state index in [1.165, 1.54) is 5.69 Å². The summed E-state index contributed by atoms with van der Waals surface area (Å²) in [6.07, 6.45) is 0.798. The topological polar surface area (TPSA) is 55.9 Å². The minimum Gasteiger partial charge on any atom is -0.271 e. The number of halogens is 1. The maximum atomic E-state index is 6.07. The summed E-state index contributed by atoms with van der Waals surface area (Å²) in [6.45, 7) is 6.96. The maximum Gasteiger partial charge on any atom is 0.0596 e. The summed E-state index contributed by atoms with van der Waals surface area (Å²) in [7, 11) is 0. The first-order valence-corrected chi connectivity index (χ1v) is 7.18. The fourth-order valence-corrected chi connectivity index (χ4v) is 2.52. The van der Waals surface area contributed by atoms with Crippen LogP contribution in [0.4, 0.5) is 0 Å². The van der Waals surface area contributed by atoms with Crippen molar-refractivity contribution < 1.29 is 0 Å². The van der Waals surface area contributed by atoms with Crippen LogP contribution in [0.5, 0.6) is 0 Å². The number of hydrogen-bond acceptors (Lipinski definition) is 3. The molecule has 0 saturated carbocycles. The molecule has 4 nitrogen and oxygen atoms in total. The van der Waals surface area contributed by atoms with Gasteiger partial charge in [-0.2, -0.15) is 5.10 Å². The number of hydrazine groups is 1. The van der Waals surface area contributed by atoms with Crippen LogP contribution in [-0.2, 0) is 13.0 Å². The fourth-order valence-electron chi connectivity index (χ4n) is 2.40. The SMILES string of the molecule is CCn1nc(C)cc1CC(NN)c1ccc(Cl)c(C)c1. The van der Waals surface area contributed by atoms with Gasteiger partial charge >= 0.3 is 0 Å². The van der Waals surface area contributed by atoms with Crippen molar-refractivity contribution in [3.05, 3.63) is 51.8 Å². The highest BCUT2D eigenvalue weighted by Gasteiger charge is 2.15. The third-order valence-electron chi connectivity index (χ3n) is 3.48. The van der Waals surface area contributed by atoms with Gasteiger partial charge in [-0.25, -0.2) is 0 Å². The molecule has 5 heteroatoms. The van der Waals surface area contributed by atoms with Crippen LogP contribution in [0.2, 0.25) is 5.02 Å². The molecule has 3 N–H and O–H groups in total. The molecule has 1 aromatic carbocycles. The summed E-state index contributed by atoms with van der Waals surface area (Å²) in [5.41, 5.74) is 7.30. The Kier molecular flexibility index (Phi) is 4.81. The molecule has 20 heavy (non-hydrogen) atoms. The molecule has 1 unspecified atom stereocenters. The van der Waals surface area contributed by atoms with Crippen molar-refractivity contribution in [2.24, 2.45) is 5.84 Å². The Morgan fingerprint density at radius 3 is 2.70 bits per heavy atom. The van der Waals surface area contributed by atoms with Crippen LogP contribution in [0.1, 0.15) is 35.5 Å². The highest BCUT2D eigenvalue weighted by Crippen LogP contribution is 2.23. The molecule has 0 bridgehead atoms. The third kappa shape index (κ3) is 3.20. The molecule has 1 atom stereocenters. The predicted molar refractivity (Wildman–Crippen MR) is 82.6 cm³/mol. The van der Waals surface area contributed by atoms with E-state index in [2.05, 4.69) is 29.6 Å². The molecule has 0 spiro atoms. The molecule has 0 aliphatic heterocycles. The van der Waals surface area contributed by atoms with Crippen LogP contribution in [0, 0.1) is 13.8 Å². The molecule has 0 fully saturated rings. The van der Waals surface area contributed by atoms with E-state index in [0.29, 0.717) is 0 Å². The minimum absolute atomic E-state index is 0.0485. The van der Waals surface area contributed by atoms with Gasteiger partial charge in [0.1, 0.15) is 0 Å². The minimum atomic E-state index is 0.0485. The maximum absolute atomic E-state index is 6.07. The van der Waals surface area contributed by atoms with Crippen LogP contribution in [0.15, 0.2) is 24.3 Å². The van der Waals surface area contributed by atoms with Crippen molar-refractivity contribution in [1.29, 1.82) is 0 Å². The Morgan fingerprint density at radius 1 is 1.35 bits per heavy atom. The summed E-state index contributed by atoms with van der Waals surface area (Å²) in [5.74, 6) is 5.73. The zero-order valence-corrected chi connectivity index (χ0v) is 12.9. The van der Waals surface area contributed by atoms with Crippen molar-refractivity contribution in [3.63, 3.8) is 0 Å². The van der Waals surface area contributed by atoms with Gasteiger partial charge in [-0.15, -0.1) is 0 Å². The van der Waals surface area contributed by atoms with Crippen LogP contribution < -0.4 is 11.3 Å². The van der Waals surface area contributed by atoms with Crippen LogP contribution in [0.25, 0.3) is 0 Å². The lowest BCUT2D eigenvalue weighted by atomic mass is 10.0. The highest BCUT2D eigenvalue weighted by atomic mass is 35.5. The number of aromatic nitrogens is 2. The van der Waals surface area contributed by atoms with Gasteiger partial charge in [-0.3, -0.25) is 16.0 Å². The summed E-state index contributed by atoms with van der Waals surface area (Å²) in [5, 5.41) is 5.25. The van der Waals surface area contributed by atoms with E-state index < -0.39 is 0 Å². The van der Waals surface area contributed by atoms with Gasteiger partial charge in [-0.1, -0.05) is 23.7 Å². The van der Waals surface area contributed by atoms with Gasteiger partial charge < -0.3 is 0 Å². The van der Waals surface area contributed by atoms with Crippen molar-refractivity contribution in [1.82, 2.24) is 15.2 Å². The van der Waals surface area contributed by atoms with E-state index >= 15 is 0 Å². The molecule has 1 aromatic heterocycles. The number of nitrogens with zero attached hydrogens (tertiary/aromatic N) is 2. The third-order valence-corrected chi connectivity index (χ3v) is 3.91. The molecular weight excluding hydrogens is 272 g/mol. The number of rotatable bonds is 5. The Morgan fingerprint density at radius 2 is 2.10 bits per heavy atom. The first-order valence-electron chi connectivity index (χ1n) is 6.80. The van der Waals surface area contributed by atoms with E-state index in [4.69, 9.17) is 17.4 Å². The van der Waals surface area contributed by atoms with Gasteiger partial charge in [0.2, 0.25) is 0 Å². The zero-order valence-electron chi connectivity index (χ0n) is 12.2. The standard InChI is InChI=1S/C15H21ClN4/c1-4-20-13(8-11(3)19-20)9-15(18-17)12-5-6-14(16)10(2)7-12/h5-8,15,18H,4,9,17H2,1-3H3. The summed E-state index contributed by atoms with van der Waals surface area (Å²) >= 11 is 6.07. The Bertz CT molecular complexity index is 592. The first kappa shape index (κ1) is 15.0. The van der Waals surface area contributed by atoms with Gasteiger partial charge in [0, 0.05) is 23.7 Å². The van der Waals surface area contributed by atoms with Gasteiger partial charge in [0.15, 0.2) is 0 Å². The molecule has 0 amide bonds. The lowest BCUT2D eigenvalue weighted by molar-refractivity contribution is 0.517. The van der Waals surface area contributed by atoms with Crippen LogP contribution >= 0.6 is 11.6 Å². The van der Waals surface area contributed by atoms with Crippen LogP contribution in [0.3, 0.4) is 0 Å². The quantitative estimate of drug-likeness (QED) is 0.658. The number of nitrogens with two attached hydrogens (primary N) is 1. The molecule has 108 valence electrons. The van der Waals surface area contributed by atoms with Gasteiger partial charge in [-0.05, 0) is 44.0 Å². The monoisotopic (exact) mass is 292 g/mol. The molecule has 0 radical (unpaired) electrons. The molecule has 0 aliphatic carbocycles. The number of nitrogens with one attached hydrogen (secondary N) is 1. The first-order chi connectivity index (χ1) is 9.55. The van der Waals surface area contributed by atoms with E-state index in [0.717, 1.165) is 34.8 Å². The molecular formula is C15H21ClN4. The molecule has 1 heterocycles. The lowest BCUT2D eigenvalue weighted by Gasteiger charge is -2.17. The average molecular weight is 293 g/mol. The van der Waals surface area contributed by atoms with Gasteiger partial charge in [0.05, 0.1) is 11.7 Å². The zero-order chi connectivity index (χ0) is 14.7. The largest absolute Gasteiger partial charge is 0.271 e. The second-order valence-electron chi connectivity index (χ2n) is 5.02. The Balaban J connectivity index is 2.26. The van der Waals surface area contributed by atoms with Gasteiger partial charge in [0.25, 0.3) is 0 Å². The number of benzene rings is 1. The van der Waals surface area contributed by atoms with Crippen molar-refractivity contribution in [3.8, 4) is 0 Å². The lowest BCUT2D eigenvalue weighted by Crippen LogP contribution is -2.30. The Hall–Kier alpha value is -1.36. The Labute approximate surface area is 124 Å². The van der Waals surface area contributed by atoms with E-state index in [1.807, 2.05) is 30.7 Å². The normalized spacial score (nSPS) is 12.7. The molecule has 0 saturated heterocycles. The van der Waals surface area contributed by atoms with E-state index in [-0.39, 0.29) is 6.04 Å². The van der Waals surface area contributed by atoms with Crippen molar-refractivity contribution >= 4 is 11.6 Å². The molecule has 2 aromatic rings. The highest BCUT2D eigenvalue weighted by molar-refractivity contribution is 6.31. The van der Waals surface area contributed by atoms with Crippen LogP contribution in [-0.4, -0.2) is 9.78 Å². The number of hydrogen-bond donors (Lipinski definition) is 2. The number of aryl methyl sites for hydroxylation is 3. The second kappa shape index (κ2) is 6.39. The molecule has 2 rings (SSSR count). The fraction of sp³-hybridized carbons (Fsp3) is 0.400. The summed E-state index contributed by atoms with van der Waals surface area (Å²) in [4.78, 5) is 0. The summed E-state index contributed by atoms with van der Waals surface area (Å²) in [6, 6.07) is 8.16. The van der Waals surface area contributed by atoms with Crippen molar-refractivity contribution in [2.75, 3.05) is 0 Å². The van der Waals surface area contributed by atoms with E-state index in [9.17, 15) is 0 Å². The predicted octanol–water partition coefficient (Wildman–Crippen LogP) is 2.92.